The molecule has 8 nitrogen and oxygen atoms in total. The van der Waals surface area contributed by atoms with Gasteiger partial charge in [0.25, 0.3) is 0 Å². The van der Waals surface area contributed by atoms with Crippen LogP contribution in [-0.2, 0) is 14.4 Å². The molecule has 1 aliphatic rings. The van der Waals surface area contributed by atoms with Crippen LogP contribution in [0.3, 0.4) is 0 Å². The lowest BCUT2D eigenvalue weighted by Gasteiger charge is -2.27. The molecule has 9 heteroatoms. The monoisotopic (exact) mass is 396 g/mol. The average molecular weight is 396 g/mol. The van der Waals surface area contributed by atoms with Crippen LogP contribution in [0.25, 0.3) is 0 Å². The number of ketones is 1. The summed E-state index contributed by atoms with van der Waals surface area (Å²) in [5, 5.41) is 23.2. The molecule has 2 heterocycles. The fourth-order valence-corrected chi connectivity index (χ4v) is 3.91. The molecule has 0 aromatic carbocycles. The molecule has 1 aromatic heterocycles. The van der Waals surface area contributed by atoms with Crippen LogP contribution in [0, 0.1) is 0 Å². The minimum Gasteiger partial charge on any atom is -0.480 e. The van der Waals surface area contributed by atoms with Gasteiger partial charge in [0, 0.05) is 13.0 Å². The average Bonchev–Trinajstić information content (AvgIpc) is 3.30. The maximum atomic E-state index is 12.5. The maximum Gasteiger partial charge on any atom is 0.326 e. The second-order valence-corrected chi connectivity index (χ2v) is 7.55. The van der Waals surface area contributed by atoms with E-state index in [0.29, 0.717) is 30.7 Å². The number of carboxylic acids is 2. The third-order valence-corrected chi connectivity index (χ3v) is 5.54. The first-order valence-electron chi connectivity index (χ1n) is 8.90. The van der Waals surface area contributed by atoms with Crippen LogP contribution in [0.2, 0.25) is 0 Å². The lowest BCUT2D eigenvalue weighted by molar-refractivity contribution is -0.149. The lowest BCUT2D eigenvalue weighted by Crippen LogP contribution is -2.53. The van der Waals surface area contributed by atoms with E-state index in [4.69, 9.17) is 0 Å². The summed E-state index contributed by atoms with van der Waals surface area (Å²) in [4.78, 5) is 49.2. The van der Waals surface area contributed by atoms with E-state index in [2.05, 4.69) is 5.32 Å². The number of likely N-dealkylation sites (tertiary alicyclic amines) is 1. The number of carbonyl (C=O) groups is 4. The number of nitrogens with zero attached hydrogens (tertiary/aromatic N) is 1. The van der Waals surface area contributed by atoms with Gasteiger partial charge in [-0.15, -0.1) is 11.3 Å². The molecule has 0 saturated carbocycles. The summed E-state index contributed by atoms with van der Waals surface area (Å²) >= 11 is 1.35. The summed E-state index contributed by atoms with van der Waals surface area (Å²) in [6, 6.07) is 0.865. The van der Waals surface area contributed by atoms with Crippen molar-refractivity contribution in [2.45, 2.75) is 57.2 Å². The van der Waals surface area contributed by atoms with Crippen molar-refractivity contribution in [3.8, 4) is 0 Å². The third kappa shape index (κ3) is 5.61. The Morgan fingerprint density at radius 3 is 2.67 bits per heavy atom. The molecule has 27 heavy (non-hydrogen) atoms. The Morgan fingerprint density at radius 2 is 2.07 bits per heavy atom. The van der Waals surface area contributed by atoms with Crippen LogP contribution < -0.4 is 5.32 Å². The highest BCUT2D eigenvalue weighted by molar-refractivity contribution is 7.12. The second kappa shape index (κ2) is 9.61. The highest BCUT2D eigenvalue weighted by Gasteiger charge is 2.36. The van der Waals surface area contributed by atoms with Gasteiger partial charge >= 0.3 is 11.9 Å². The Kier molecular flexibility index (Phi) is 7.49. The number of thiophene rings is 1. The first kappa shape index (κ1) is 21.0. The van der Waals surface area contributed by atoms with Crippen LogP contribution in [-0.4, -0.2) is 63.4 Å². The van der Waals surface area contributed by atoms with Crippen molar-refractivity contribution in [3.05, 3.63) is 22.4 Å². The molecule has 0 aliphatic carbocycles. The molecule has 3 N–H and O–H groups in total. The quantitative estimate of drug-likeness (QED) is 0.513. The van der Waals surface area contributed by atoms with Gasteiger partial charge in [-0.05, 0) is 44.1 Å². The van der Waals surface area contributed by atoms with Crippen molar-refractivity contribution in [2.75, 3.05) is 6.54 Å². The Labute approximate surface area is 161 Å². The molecule has 1 aromatic rings. The Morgan fingerprint density at radius 1 is 1.33 bits per heavy atom. The molecule has 0 spiro atoms. The summed E-state index contributed by atoms with van der Waals surface area (Å²) < 4.78 is 0. The molecule has 0 radical (unpaired) electrons. The standard InChI is InChI=1S/C18H24N2O6S/c1-11(16(22)20-9-3-6-13(20)18(25)26)19-12(17(23)24)5-2-7-14(21)15-8-4-10-27-15/h4,8,10-13,19H,2-3,5-7,9H2,1H3,(H,23,24)(H,25,26)/t11-,12?,13-/m0/s1. The number of amides is 1. The fourth-order valence-electron chi connectivity index (χ4n) is 3.21. The molecular weight excluding hydrogens is 372 g/mol. The predicted octanol–water partition coefficient (Wildman–Crippen LogP) is 1.61. The Balaban J connectivity index is 1.87. The summed E-state index contributed by atoms with van der Waals surface area (Å²) in [6.45, 7) is 1.89. The number of nitrogens with one attached hydrogen (secondary N) is 1. The van der Waals surface area contributed by atoms with Crippen molar-refractivity contribution in [2.24, 2.45) is 0 Å². The molecule has 1 amide bonds. The minimum atomic E-state index is -1.10. The second-order valence-electron chi connectivity index (χ2n) is 6.60. The Bertz CT molecular complexity index is 690. The van der Waals surface area contributed by atoms with Crippen LogP contribution in [0.1, 0.15) is 48.7 Å². The van der Waals surface area contributed by atoms with Gasteiger partial charge in [0.15, 0.2) is 5.78 Å². The van der Waals surface area contributed by atoms with Crippen molar-refractivity contribution in [1.82, 2.24) is 10.2 Å². The van der Waals surface area contributed by atoms with Gasteiger partial charge in [-0.3, -0.25) is 19.7 Å². The van der Waals surface area contributed by atoms with Gasteiger partial charge in [0.2, 0.25) is 5.91 Å². The number of aliphatic carboxylic acids is 2. The number of rotatable bonds is 10. The van der Waals surface area contributed by atoms with Gasteiger partial charge < -0.3 is 15.1 Å². The molecule has 3 atom stereocenters. The molecule has 1 unspecified atom stereocenters. The number of Topliss-reactive ketones (excluding diaryl/α,β-unsaturated/α-hetero) is 1. The van der Waals surface area contributed by atoms with Crippen LogP contribution in [0.15, 0.2) is 17.5 Å². The Hall–Kier alpha value is -2.26. The van der Waals surface area contributed by atoms with E-state index >= 15 is 0 Å². The molecule has 1 aliphatic heterocycles. The number of hydrogen-bond donors (Lipinski definition) is 3. The summed E-state index contributed by atoms with van der Waals surface area (Å²) in [5.41, 5.74) is 0. The SMILES string of the molecule is C[C@H](NC(CCCC(=O)c1cccs1)C(=O)O)C(=O)N1CCC[C@H]1C(=O)O. The van der Waals surface area contributed by atoms with Crippen molar-refractivity contribution in [1.29, 1.82) is 0 Å². The molecule has 2 rings (SSSR count). The smallest absolute Gasteiger partial charge is 0.326 e. The number of carbonyl (C=O) groups excluding carboxylic acids is 2. The van der Waals surface area contributed by atoms with Gasteiger partial charge in [-0.2, -0.15) is 0 Å². The van der Waals surface area contributed by atoms with E-state index in [1.807, 2.05) is 5.38 Å². The molecule has 1 fully saturated rings. The van der Waals surface area contributed by atoms with E-state index in [1.165, 1.54) is 23.2 Å². The fraction of sp³-hybridized carbons (Fsp3) is 0.556. The zero-order chi connectivity index (χ0) is 20.0. The summed E-state index contributed by atoms with van der Waals surface area (Å²) in [7, 11) is 0. The van der Waals surface area contributed by atoms with E-state index in [0.717, 1.165) is 0 Å². The van der Waals surface area contributed by atoms with E-state index in [-0.39, 0.29) is 18.6 Å². The topological polar surface area (TPSA) is 124 Å². The third-order valence-electron chi connectivity index (χ3n) is 4.63. The van der Waals surface area contributed by atoms with Gasteiger partial charge in [0.1, 0.15) is 12.1 Å². The van der Waals surface area contributed by atoms with E-state index in [9.17, 15) is 29.4 Å². The maximum absolute atomic E-state index is 12.5. The summed E-state index contributed by atoms with van der Waals surface area (Å²) in [6.07, 6.45) is 1.83. The largest absolute Gasteiger partial charge is 0.480 e. The van der Waals surface area contributed by atoms with E-state index < -0.39 is 36.0 Å². The van der Waals surface area contributed by atoms with Crippen molar-refractivity contribution < 1.29 is 29.4 Å². The van der Waals surface area contributed by atoms with E-state index in [1.54, 1.807) is 12.1 Å². The first-order chi connectivity index (χ1) is 12.8. The normalized spacial score (nSPS) is 18.9. The van der Waals surface area contributed by atoms with Crippen LogP contribution >= 0.6 is 11.3 Å². The van der Waals surface area contributed by atoms with Crippen LogP contribution in [0.4, 0.5) is 0 Å². The zero-order valence-corrected chi connectivity index (χ0v) is 15.9. The van der Waals surface area contributed by atoms with Crippen molar-refractivity contribution >= 4 is 35.0 Å². The number of carboxylic acid groups (broad SMARTS) is 2. The summed E-state index contributed by atoms with van der Waals surface area (Å²) in [5.74, 6) is -2.59. The molecule has 0 bridgehead atoms. The van der Waals surface area contributed by atoms with Gasteiger partial charge in [-0.1, -0.05) is 6.07 Å². The predicted molar refractivity (Wildman–Crippen MR) is 98.9 cm³/mol. The highest BCUT2D eigenvalue weighted by Crippen LogP contribution is 2.19. The molecule has 1 saturated heterocycles. The zero-order valence-electron chi connectivity index (χ0n) is 15.1. The van der Waals surface area contributed by atoms with Crippen LogP contribution in [0.5, 0.6) is 0 Å². The minimum absolute atomic E-state index is 0.0281. The first-order valence-corrected chi connectivity index (χ1v) is 9.78. The van der Waals surface area contributed by atoms with Gasteiger partial charge in [0.05, 0.1) is 10.9 Å². The lowest BCUT2D eigenvalue weighted by atomic mass is 10.1. The molecule has 148 valence electrons. The highest BCUT2D eigenvalue weighted by atomic mass is 32.1. The van der Waals surface area contributed by atoms with Gasteiger partial charge in [-0.25, -0.2) is 4.79 Å². The number of hydrogen-bond acceptors (Lipinski definition) is 6. The van der Waals surface area contributed by atoms with Crippen molar-refractivity contribution in [3.63, 3.8) is 0 Å². The molecular formula is C18H24N2O6S.